The highest BCUT2D eigenvalue weighted by molar-refractivity contribution is 5.86. The van der Waals surface area contributed by atoms with E-state index in [1.54, 1.807) is 0 Å². The van der Waals surface area contributed by atoms with Crippen LogP contribution in [0.2, 0.25) is 0 Å². The minimum Gasteiger partial charge on any atom is -0.480 e. The number of carbonyl (C=O) groups excluding carboxylic acids is 1. The van der Waals surface area contributed by atoms with Crippen molar-refractivity contribution < 1.29 is 19.8 Å². The van der Waals surface area contributed by atoms with Crippen molar-refractivity contribution >= 4 is 11.9 Å². The van der Waals surface area contributed by atoms with E-state index in [0.29, 0.717) is 12.8 Å². The summed E-state index contributed by atoms with van der Waals surface area (Å²) in [5.41, 5.74) is 6.81. The summed E-state index contributed by atoms with van der Waals surface area (Å²) in [6, 6.07) is 7.73. The number of aliphatic hydroxyl groups excluding tert-OH is 1. The van der Waals surface area contributed by atoms with Crippen molar-refractivity contribution in [3.05, 3.63) is 35.9 Å². The van der Waals surface area contributed by atoms with E-state index in [2.05, 4.69) is 5.32 Å². The van der Waals surface area contributed by atoms with E-state index in [1.165, 1.54) is 0 Å². The van der Waals surface area contributed by atoms with Gasteiger partial charge < -0.3 is 21.3 Å². The minimum absolute atomic E-state index is 0.0352. The molecule has 0 fully saturated rings. The van der Waals surface area contributed by atoms with Gasteiger partial charge in [-0.15, -0.1) is 0 Å². The van der Waals surface area contributed by atoms with Crippen LogP contribution in [0.3, 0.4) is 0 Å². The molecular formula is C14H20N2O4. The van der Waals surface area contributed by atoms with E-state index >= 15 is 0 Å². The van der Waals surface area contributed by atoms with Crippen molar-refractivity contribution in [2.24, 2.45) is 5.73 Å². The van der Waals surface area contributed by atoms with Crippen LogP contribution in [-0.2, 0) is 16.0 Å². The van der Waals surface area contributed by atoms with Crippen molar-refractivity contribution in [3.63, 3.8) is 0 Å². The zero-order valence-electron chi connectivity index (χ0n) is 11.2. The van der Waals surface area contributed by atoms with Gasteiger partial charge in [0.15, 0.2) is 0 Å². The van der Waals surface area contributed by atoms with Crippen LogP contribution >= 0.6 is 0 Å². The van der Waals surface area contributed by atoms with Gasteiger partial charge in [-0.25, -0.2) is 4.79 Å². The number of aliphatic carboxylic acids is 1. The minimum atomic E-state index is -1.18. The molecule has 0 spiro atoms. The largest absolute Gasteiger partial charge is 0.480 e. The number of aryl methyl sites for hydroxylation is 1. The zero-order chi connectivity index (χ0) is 15.0. The van der Waals surface area contributed by atoms with Crippen molar-refractivity contribution in [3.8, 4) is 0 Å². The van der Waals surface area contributed by atoms with Crippen molar-refractivity contribution in [1.29, 1.82) is 0 Å². The monoisotopic (exact) mass is 280 g/mol. The summed E-state index contributed by atoms with van der Waals surface area (Å²) >= 11 is 0. The molecule has 1 amide bonds. The molecule has 2 atom stereocenters. The lowest BCUT2D eigenvalue weighted by Crippen LogP contribution is -2.48. The number of carbonyl (C=O) groups is 2. The van der Waals surface area contributed by atoms with Crippen LogP contribution in [0.4, 0.5) is 0 Å². The molecule has 5 N–H and O–H groups in total. The number of carboxylic acid groups (broad SMARTS) is 1. The number of benzene rings is 1. The average Bonchev–Trinajstić information content (AvgIpc) is 2.45. The average molecular weight is 280 g/mol. The van der Waals surface area contributed by atoms with Gasteiger partial charge in [0, 0.05) is 13.0 Å². The number of hydrogen-bond donors (Lipinski definition) is 4. The fourth-order valence-corrected chi connectivity index (χ4v) is 1.76. The van der Waals surface area contributed by atoms with E-state index in [0.717, 1.165) is 5.56 Å². The maximum Gasteiger partial charge on any atom is 0.326 e. The van der Waals surface area contributed by atoms with Crippen molar-refractivity contribution in [2.45, 2.75) is 31.3 Å². The molecule has 0 saturated carbocycles. The molecule has 1 rings (SSSR count). The number of amides is 1. The summed E-state index contributed by atoms with van der Waals surface area (Å²) in [5, 5.41) is 19.9. The van der Waals surface area contributed by atoms with Crippen molar-refractivity contribution in [1.82, 2.24) is 5.32 Å². The van der Waals surface area contributed by atoms with E-state index in [-0.39, 0.29) is 13.0 Å². The zero-order valence-corrected chi connectivity index (χ0v) is 11.2. The Kier molecular flexibility index (Phi) is 6.69. The number of nitrogens with one attached hydrogen (secondary N) is 1. The lowest BCUT2D eigenvalue weighted by molar-refractivity contribution is -0.142. The van der Waals surface area contributed by atoms with Crippen LogP contribution in [0.1, 0.15) is 18.4 Å². The van der Waals surface area contributed by atoms with Gasteiger partial charge in [0.25, 0.3) is 0 Å². The summed E-state index contributed by atoms with van der Waals surface area (Å²) in [7, 11) is 0. The Hall–Kier alpha value is -1.92. The predicted octanol–water partition coefficient (Wildman–Crippen LogP) is -0.102. The van der Waals surface area contributed by atoms with Gasteiger partial charge in [0.1, 0.15) is 6.04 Å². The standard InChI is InChI=1S/C14H20N2O4/c15-11(7-6-10-4-2-1-3-5-10)13(18)16-12(8-9-17)14(19)20/h1-5,11-12,17H,6-9,15H2,(H,16,18)(H,19,20)/t11-,12+/m0/s1. The molecule has 0 aliphatic carbocycles. The molecule has 0 bridgehead atoms. The lowest BCUT2D eigenvalue weighted by Gasteiger charge is -2.17. The number of nitrogens with two attached hydrogens (primary N) is 1. The van der Waals surface area contributed by atoms with Crippen LogP contribution in [-0.4, -0.2) is 40.8 Å². The molecule has 0 aliphatic heterocycles. The van der Waals surface area contributed by atoms with E-state index in [1.807, 2.05) is 30.3 Å². The highest BCUT2D eigenvalue weighted by Crippen LogP contribution is 2.04. The molecule has 0 aliphatic rings. The number of rotatable bonds is 8. The van der Waals surface area contributed by atoms with Gasteiger partial charge in [-0.05, 0) is 18.4 Å². The SMILES string of the molecule is N[C@@H](CCc1ccccc1)C(=O)N[C@H](CCO)C(=O)O. The fraction of sp³-hybridized carbons (Fsp3) is 0.429. The van der Waals surface area contributed by atoms with Gasteiger partial charge in [0.2, 0.25) is 5.91 Å². The maximum atomic E-state index is 11.8. The van der Waals surface area contributed by atoms with Gasteiger partial charge in [-0.2, -0.15) is 0 Å². The number of carboxylic acids is 1. The molecule has 6 heteroatoms. The second kappa shape index (κ2) is 8.29. The Labute approximate surface area is 117 Å². The first-order valence-electron chi connectivity index (χ1n) is 6.48. The third kappa shape index (κ3) is 5.38. The molecule has 0 saturated heterocycles. The molecule has 20 heavy (non-hydrogen) atoms. The van der Waals surface area contributed by atoms with E-state index < -0.39 is 24.0 Å². The summed E-state index contributed by atoms with van der Waals surface area (Å²) in [4.78, 5) is 22.6. The first kappa shape index (κ1) is 16.1. The first-order chi connectivity index (χ1) is 9.54. The van der Waals surface area contributed by atoms with Crippen LogP contribution in [0.25, 0.3) is 0 Å². The van der Waals surface area contributed by atoms with Gasteiger partial charge in [0.05, 0.1) is 6.04 Å². The maximum absolute atomic E-state index is 11.8. The Balaban J connectivity index is 2.44. The van der Waals surface area contributed by atoms with Gasteiger partial charge >= 0.3 is 5.97 Å². The number of aliphatic hydroxyl groups is 1. The predicted molar refractivity (Wildman–Crippen MR) is 74.0 cm³/mol. The molecule has 0 unspecified atom stereocenters. The second-order valence-corrected chi connectivity index (χ2v) is 4.54. The highest BCUT2D eigenvalue weighted by Gasteiger charge is 2.22. The molecule has 6 nitrogen and oxygen atoms in total. The lowest BCUT2D eigenvalue weighted by atomic mass is 10.0. The molecule has 0 heterocycles. The summed E-state index contributed by atoms with van der Waals surface area (Å²) in [6.07, 6.45) is 1.04. The van der Waals surface area contributed by atoms with Crippen LogP contribution in [0, 0.1) is 0 Å². The molecule has 0 aromatic heterocycles. The highest BCUT2D eigenvalue weighted by atomic mass is 16.4. The summed E-state index contributed by atoms with van der Waals surface area (Å²) in [5.74, 6) is -1.69. The summed E-state index contributed by atoms with van der Waals surface area (Å²) in [6.45, 7) is -0.309. The van der Waals surface area contributed by atoms with Crippen LogP contribution in [0.15, 0.2) is 30.3 Å². The van der Waals surface area contributed by atoms with Crippen molar-refractivity contribution in [2.75, 3.05) is 6.61 Å². The van der Waals surface area contributed by atoms with Crippen LogP contribution in [0.5, 0.6) is 0 Å². The molecule has 1 aromatic carbocycles. The van der Waals surface area contributed by atoms with E-state index in [4.69, 9.17) is 15.9 Å². The van der Waals surface area contributed by atoms with E-state index in [9.17, 15) is 9.59 Å². The normalized spacial score (nSPS) is 13.5. The Morgan fingerprint density at radius 2 is 1.85 bits per heavy atom. The molecular weight excluding hydrogens is 260 g/mol. The first-order valence-corrected chi connectivity index (χ1v) is 6.48. The number of hydrogen-bond acceptors (Lipinski definition) is 4. The molecule has 0 radical (unpaired) electrons. The Morgan fingerprint density at radius 1 is 1.20 bits per heavy atom. The van der Waals surface area contributed by atoms with Crippen LogP contribution < -0.4 is 11.1 Å². The van der Waals surface area contributed by atoms with Gasteiger partial charge in [-0.3, -0.25) is 4.79 Å². The summed E-state index contributed by atoms with van der Waals surface area (Å²) < 4.78 is 0. The Bertz CT molecular complexity index is 436. The quantitative estimate of drug-likeness (QED) is 0.531. The molecule has 1 aromatic rings. The third-order valence-electron chi connectivity index (χ3n) is 2.96. The van der Waals surface area contributed by atoms with Gasteiger partial charge in [-0.1, -0.05) is 30.3 Å². The third-order valence-corrected chi connectivity index (χ3v) is 2.96. The Morgan fingerprint density at radius 3 is 2.40 bits per heavy atom. The molecule has 110 valence electrons. The fourth-order valence-electron chi connectivity index (χ4n) is 1.76. The topological polar surface area (TPSA) is 113 Å². The smallest absolute Gasteiger partial charge is 0.326 e. The second-order valence-electron chi connectivity index (χ2n) is 4.54.